The number of aliphatic carboxylic acids is 1. The van der Waals surface area contributed by atoms with Gasteiger partial charge in [-0.3, -0.25) is 19.2 Å². The summed E-state index contributed by atoms with van der Waals surface area (Å²) in [6.07, 6.45) is 19.9. The van der Waals surface area contributed by atoms with Crippen LogP contribution in [0, 0.1) is 0 Å². The molecule has 9 nitrogen and oxygen atoms in total. The van der Waals surface area contributed by atoms with Crippen molar-refractivity contribution in [1.82, 2.24) is 10.6 Å². The quantitative estimate of drug-likeness (QED) is 0.100. The Morgan fingerprint density at radius 2 is 1.22 bits per heavy atom. The Labute approximate surface area is 224 Å². The van der Waals surface area contributed by atoms with Crippen molar-refractivity contribution in [2.75, 3.05) is 13.2 Å². The summed E-state index contributed by atoms with van der Waals surface area (Å²) in [4.78, 5) is 46.7. The van der Waals surface area contributed by atoms with E-state index in [1.165, 1.54) is 90.4 Å². The normalized spacial score (nSPS) is 12.5. The number of carboxylic acids is 1. The van der Waals surface area contributed by atoms with Crippen molar-refractivity contribution >= 4 is 23.8 Å². The highest BCUT2D eigenvalue weighted by Crippen LogP contribution is 2.13. The Hall–Kier alpha value is -2.16. The van der Waals surface area contributed by atoms with Crippen molar-refractivity contribution in [1.29, 1.82) is 0 Å². The van der Waals surface area contributed by atoms with Crippen molar-refractivity contribution in [3.8, 4) is 0 Å². The first-order valence-corrected chi connectivity index (χ1v) is 14.5. The summed E-state index contributed by atoms with van der Waals surface area (Å²) in [6, 6.07) is -1.92. The van der Waals surface area contributed by atoms with Crippen LogP contribution in [0.3, 0.4) is 0 Å². The number of amides is 2. The van der Waals surface area contributed by atoms with E-state index in [1.54, 1.807) is 0 Å². The molecule has 0 radical (unpaired) electrons. The van der Waals surface area contributed by atoms with E-state index in [9.17, 15) is 19.2 Å². The summed E-state index contributed by atoms with van der Waals surface area (Å²) in [5.41, 5.74) is 5.48. The van der Waals surface area contributed by atoms with Gasteiger partial charge in [0.25, 0.3) is 0 Å². The monoisotopic (exact) mass is 527 g/mol. The Bertz CT molecular complexity index is 627. The second-order valence-corrected chi connectivity index (χ2v) is 10.0. The van der Waals surface area contributed by atoms with E-state index in [2.05, 4.69) is 17.6 Å². The summed E-state index contributed by atoms with van der Waals surface area (Å²) in [6.45, 7) is 3.68. The highest BCUT2D eigenvalue weighted by Gasteiger charge is 2.23. The van der Waals surface area contributed by atoms with Crippen molar-refractivity contribution in [3.63, 3.8) is 0 Å². The van der Waals surface area contributed by atoms with Crippen LogP contribution in [0.4, 0.5) is 0 Å². The molecule has 0 saturated carbocycles. The van der Waals surface area contributed by atoms with Crippen LogP contribution in [-0.4, -0.2) is 54.1 Å². The molecule has 0 aliphatic rings. The second-order valence-electron chi connectivity index (χ2n) is 10.0. The number of carboxylic acid groups (broad SMARTS) is 1. The lowest BCUT2D eigenvalue weighted by atomic mass is 10.0. The van der Waals surface area contributed by atoms with Gasteiger partial charge in [0.1, 0.15) is 12.6 Å². The molecule has 0 unspecified atom stereocenters. The van der Waals surface area contributed by atoms with Crippen molar-refractivity contribution in [3.05, 3.63) is 0 Å². The van der Waals surface area contributed by atoms with E-state index in [-0.39, 0.29) is 19.4 Å². The van der Waals surface area contributed by atoms with Crippen LogP contribution in [0.15, 0.2) is 0 Å². The average molecular weight is 528 g/mol. The molecule has 0 spiro atoms. The lowest BCUT2D eigenvalue weighted by molar-refractivity contribution is -0.144. The molecule has 0 rings (SSSR count). The van der Waals surface area contributed by atoms with Crippen LogP contribution in [0.5, 0.6) is 0 Å². The molecule has 2 amide bonds. The van der Waals surface area contributed by atoms with Gasteiger partial charge >= 0.3 is 11.9 Å². The topological polar surface area (TPSA) is 148 Å². The van der Waals surface area contributed by atoms with Gasteiger partial charge in [-0.25, -0.2) is 0 Å². The fraction of sp³-hybridized carbons (Fsp3) is 0.857. The second kappa shape index (κ2) is 24.2. The molecule has 9 heteroatoms. The first-order valence-electron chi connectivity index (χ1n) is 14.5. The third kappa shape index (κ3) is 22.7. The minimum Gasteiger partial charge on any atom is -0.481 e. The van der Waals surface area contributed by atoms with Gasteiger partial charge in [0, 0.05) is 6.42 Å². The standard InChI is InChI=1S/C28H53N3O6/c1-3-4-5-6-7-8-9-10-11-12-13-14-15-16-17-18-21-37-26(34)22-30-28(36)24(19-20-25(32)33)31-27(35)23(2)29/h23-24H,3-22,29H2,1-2H3,(H,30,36)(H,31,35)(H,32,33)/t23-,24+/m0/s1. The molecular weight excluding hydrogens is 474 g/mol. The summed E-state index contributed by atoms with van der Waals surface area (Å²) in [7, 11) is 0. The third-order valence-electron chi connectivity index (χ3n) is 6.36. The summed E-state index contributed by atoms with van der Waals surface area (Å²) < 4.78 is 5.15. The lowest BCUT2D eigenvalue weighted by Crippen LogP contribution is -2.51. The molecule has 5 N–H and O–H groups in total. The van der Waals surface area contributed by atoms with Gasteiger partial charge in [-0.05, 0) is 19.8 Å². The fourth-order valence-electron chi connectivity index (χ4n) is 4.01. The maximum atomic E-state index is 12.3. The molecule has 0 aromatic rings. The maximum absolute atomic E-state index is 12.3. The fourth-order valence-corrected chi connectivity index (χ4v) is 4.01. The highest BCUT2D eigenvalue weighted by molar-refractivity contribution is 5.91. The minimum atomic E-state index is -1.09. The van der Waals surface area contributed by atoms with Crippen LogP contribution in [0.1, 0.15) is 129 Å². The van der Waals surface area contributed by atoms with Gasteiger partial charge < -0.3 is 26.2 Å². The number of nitrogens with two attached hydrogens (primary N) is 1. The number of rotatable bonds is 25. The molecule has 0 aromatic carbocycles. The molecule has 2 atom stereocenters. The molecule has 0 heterocycles. The van der Waals surface area contributed by atoms with Gasteiger partial charge in [0.2, 0.25) is 11.8 Å². The summed E-state index contributed by atoms with van der Waals surface area (Å²) in [5.74, 6) is -2.87. The Balaban J connectivity index is 3.71. The van der Waals surface area contributed by atoms with Gasteiger partial charge in [0.15, 0.2) is 0 Å². The van der Waals surface area contributed by atoms with Crippen molar-refractivity contribution in [2.45, 2.75) is 142 Å². The molecule has 0 fully saturated rings. The SMILES string of the molecule is CCCCCCCCCCCCCCCCCCOC(=O)CNC(=O)[C@@H](CCC(=O)O)NC(=O)[C@H](C)N. The number of carbonyl (C=O) groups is 4. The Morgan fingerprint density at radius 3 is 1.65 bits per heavy atom. The largest absolute Gasteiger partial charge is 0.481 e. The van der Waals surface area contributed by atoms with Crippen LogP contribution in [0.2, 0.25) is 0 Å². The van der Waals surface area contributed by atoms with Crippen molar-refractivity contribution in [2.24, 2.45) is 5.73 Å². The predicted molar refractivity (Wildman–Crippen MR) is 146 cm³/mol. The molecule has 0 aliphatic heterocycles. The Kier molecular flexibility index (Phi) is 22.8. The van der Waals surface area contributed by atoms with E-state index < -0.39 is 35.8 Å². The number of hydrogen-bond acceptors (Lipinski definition) is 6. The molecule has 0 bridgehead atoms. The first kappa shape index (κ1) is 34.8. The molecule has 216 valence electrons. The van der Waals surface area contributed by atoms with E-state index in [0.717, 1.165) is 19.3 Å². The van der Waals surface area contributed by atoms with Crippen LogP contribution >= 0.6 is 0 Å². The van der Waals surface area contributed by atoms with Crippen LogP contribution < -0.4 is 16.4 Å². The zero-order valence-corrected chi connectivity index (χ0v) is 23.4. The molecule has 0 saturated heterocycles. The van der Waals surface area contributed by atoms with E-state index in [4.69, 9.17) is 15.6 Å². The van der Waals surface area contributed by atoms with E-state index in [0.29, 0.717) is 6.61 Å². The number of ether oxygens (including phenoxy) is 1. The predicted octanol–water partition coefficient (Wildman–Crippen LogP) is 4.60. The molecule has 37 heavy (non-hydrogen) atoms. The molecular formula is C28H53N3O6. The van der Waals surface area contributed by atoms with Gasteiger partial charge in [-0.15, -0.1) is 0 Å². The molecule has 0 aliphatic carbocycles. The third-order valence-corrected chi connectivity index (χ3v) is 6.36. The zero-order valence-electron chi connectivity index (χ0n) is 23.4. The summed E-state index contributed by atoms with van der Waals surface area (Å²) >= 11 is 0. The number of unbranched alkanes of at least 4 members (excludes halogenated alkanes) is 15. The molecule has 0 aromatic heterocycles. The van der Waals surface area contributed by atoms with E-state index >= 15 is 0 Å². The first-order chi connectivity index (χ1) is 17.8. The van der Waals surface area contributed by atoms with E-state index in [1.807, 2.05) is 0 Å². The van der Waals surface area contributed by atoms with Gasteiger partial charge in [-0.1, -0.05) is 103 Å². The van der Waals surface area contributed by atoms with Crippen LogP contribution in [-0.2, 0) is 23.9 Å². The average Bonchev–Trinajstić information content (AvgIpc) is 2.86. The Morgan fingerprint density at radius 1 is 0.757 bits per heavy atom. The number of hydrogen-bond donors (Lipinski definition) is 4. The van der Waals surface area contributed by atoms with Crippen molar-refractivity contribution < 1.29 is 29.0 Å². The summed E-state index contributed by atoms with van der Waals surface area (Å²) in [5, 5.41) is 13.6. The zero-order chi connectivity index (χ0) is 27.7. The van der Waals surface area contributed by atoms with Gasteiger partial charge in [-0.2, -0.15) is 0 Å². The van der Waals surface area contributed by atoms with Crippen LogP contribution in [0.25, 0.3) is 0 Å². The smallest absolute Gasteiger partial charge is 0.325 e. The minimum absolute atomic E-state index is 0.103. The number of esters is 1. The number of nitrogens with one attached hydrogen (secondary N) is 2. The lowest BCUT2D eigenvalue weighted by Gasteiger charge is -2.18. The number of carbonyl (C=O) groups excluding carboxylic acids is 3. The highest BCUT2D eigenvalue weighted by atomic mass is 16.5. The maximum Gasteiger partial charge on any atom is 0.325 e. The van der Waals surface area contributed by atoms with Gasteiger partial charge in [0.05, 0.1) is 12.6 Å².